The Morgan fingerprint density at radius 1 is 0.385 bits per heavy atom. The van der Waals surface area contributed by atoms with Crippen LogP contribution in [0.2, 0.25) is 0 Å². The predicted molar refractivity (Wildman–Crippen MR) is 332 cm³/mol. The van der Waals surface area contributed by atoms with E-state index in [9.17, 15) is 0 Å². The van der Waals surface area contributed by atoms with E-state index < -0.39 is 0 Å². The first-order chi connectivity index (χ1) is 38.3. The largest absolute Gasteiger partial charge is 0.456 e. The first-order valence-corrected chi connectivity index (χ1v) is 27.7. The monoisotopic (exact) mass is 1000 g/mol. The van der Waals surface area contributed by atoms with Gasteiger partial charge in [0.15, 0.2) is 0 Å². The maximum Gasteiger partial charge on any atom is 0.252 e. The molecule has 0 unspecified atom stereocenters. The van der Waals surface area contributed by atoms with Gasteiger partial charge in [-0.1, -0.05) is 228 Å². The molecule has 0 spiro atoms. The van der Waals surface area contributed by atoms with Crippen molar-refractivity contribution >= 4 is 79.2 Å². The molecule has 0 saturated carbocycles. The van der Waals surface area contributed by atoms with Crippen molar-refractivity contribution in [3.05, 3.63) is 260 Å². The van der Waals surface area contributed by atoms with Gasteiger partial charge in [-0.2, -0.15) is 0 Å². The van der Waals surface area contributed by atoms with Gasteiger partial charge in [0.1, 0.15) is 11.2 Å². The summed E-state index contributed by atoms with van der Waals surface area (Å²) in [5.74, 6) is 0. The van der Waals surface area contributed by atoms with Gasteiger partial charge >= 0.3 is 0 Å². The molecule has 0 bridgehead atoms. The van der Waals surface area contributed by atoms with E-state index in [2.05, 4.69) is 286 Å². The molecule has 11 aromatic carbocycles. The Hall–Kier alpha value is -9.12. The number of furan rings is 1. The molecule has 3 heterocycles. The lowest BCUT2D eigenvalue weighted by atomic mass is 9.33. The number of hydrogen-bond donors (Lipinski definition) is 0. The maximum atomic E-state index is 6.85. The minimum Gasteiger partial charge on any atom is -0.456 e. The standard InChI is InChI=1S/C74H59BN2O/c1-5-6-24-56-41-62-59-35-22-23-36-70(59)78-71(62)48-67(56)76-65-39-37-54(49-25-12-7-13-26-49)44-63(65)75-64-45-55(50-27-14-8-15-28-50)38-40-66(64)77(69-47-58(74(2,3)4)46-68(76)72(69)75)73-60(52-31-18-10-19-32-52)42-57(51-29-16-9-17-30-51)43-61(73)53-33-20-11-21-34-53/h7-23,25-48H,5-6,24H2,1-4H3. The lowest BCUT2D eigenvalue weighted by Gasteiger charge is -2.46. The van der Waals surface area contributed by atoms with E-state index in [0.29, 0.717) is 0 Å². The van der Waals surface area contributed by atoms with Crippen LogP contribution in [0.5, 0.6) is 0 Å². The Bertz CT molecular complexity index is 4160. The number of para-hydroxylation sites is 1. The summed E-state index contributed by atoms with van der Waals surface area (Å²) in [6, 6.07) is 92.6. The van der Waals surface area contributed by atoms with E-state index in [-0.39, 0.29) is 12.1 Å². The topological polar surface area (TPSA) is 19.6 Å². The highest BCUT2D eigenvalue weighted by atomic mass is 16.3. The molecule has 2 aliphatic heterocycles. The zero-order valence-electron chi connectivity index (χ0n) is 44.7. The Morgan fingerprint density at radius 2 is 0.859 bits per heavy atom. The molecule has 0 amide bonds. The second-order valence-electron chi connectivity index (χ2n) is 22.3. The van der Waals surface area contributed by atoms with Crippen molar-refractivity contribution in [3.63, 3.8) is 0 Å². The van der Waals surface area contributed by atoms with E-state index in [1.807, 2.05) is 0 Å². The highest BCUT2D eigenvalue weighted by Gasteiger charge is 2.46. The molecule has 0 radical (unpaired) electrons. The Balaban J connectivity index is 1.15. The fourth-order valence-electron chi connectivity index (χ4n) is 12.5. The zero-order valence-corrected chi connectivity index (χ0v) is 44.7. The zero-order chi connectivity index (χ0) is 52.5. The number of anilines is 6. The number of nitrogens with zero attached hydrogens (tertiary/aromatic N) is 2. The Labute approximate surface area is 458 Å². The average molecular weight is 1000 g/mol. The van der Waals surface area contributed by atoms with Crippen LogP contribution in [-0.2, 0) is 11.8 Å². The molecule has 12 aromatic rings. The summed E-state index contributed by atoms with van der Waals surface area (Å²) in [5, 5.41) is 2.31. The SMILES string of the molecule is CCCCc1cc2c(cc1N1c3ccc(-c4ccccc4)cc3B3c4cc(-c5ccccc5)ccc4N(c4c(-c5ccccc5)cc(-c5ccccc5)cc4-c4ccccc4)c4cc(C(C)(C)C)cc1c43)oc1ccccc12. The van der Waals surface area contributed by atoms with Crippen molar-refractivity contribution in [1.82, 2.24) is 0 Å². The van der Waals surface area contributed by atoms with Crippen molar-refractivity contribution in [2.24, 2.45) is 0 Å². The van der Waals surface area contributed by atoms with E-state index in [4.69, 9.17) is 4.42 Å². The minimum atomic E-state index is -0.220. The molecular formula is C74H59BN2O. The molecule has 78 heavy (non-hydrogen) atoms. The third-order valence-corrected chi connectivity index (χ3v) is 16.4. The maximum absolute atomic E-state index is 6.85. The van der Waals surface area contributed by atoms with Crippen LogP contribution in [-0.4, -0.2) is 6.71 Å². The average Bonchev–Trinajstić information content (AvgIpc) is 3.20. The molecule has 14 rings (SSSR count). The summed E-state index contributed by atoms with van der Waals surface area (Å²) in [6.07, 6.45) is 3.09. The summed E-state index contributed by atoms with van der Waals surface area (Å²) in [4.78, 5) is 5.30. The summed E-state index contributed by atoms with van der Waals surface area (Å²) in [6.45, 7) is 9.27. The van der Waals surface area contributed by atoms with Crippen molar-refractivity contribution in [2.75, 3.05) is 9.80 Å². The number of unbranched alkanes of at least 4 members (excludes halogenated alkanes) is 1. The summed E-state index contributed by atoms with van der Waals surface area (Å²) < 4.78 is 6.85. The summed E-state index contributed by atoms with van der Waals surface area (Å²) in [5.41, 5.74) is 26.8. The Kier molecular flexibility index (Phi) is 11.6. The summed E-state index contributed by atoms with van der Waals surface area (Å²) in [7, 11) is 0. The molecule has 0 atom stereocenters. The third kappa shape index (κ3) is 8.05. The van der Waals surface area contributed by atoms with E-state index in [0.717, 1.165) is 63.7 Å². The molecule has 0 aliphatic carbocycles. The lowest BCUT2D eigenvalue weighted by molar-refractivity contribution is 0.590. The molecule has 0 fully saturated rings. The number of fused-ring (bicyclic) bond motifs is 7. The van der Waals surface area contributed by atoms with Gasteiger partial charge in [-0.25, -0.2) is 0 Å². The quantitative estimate of drug-likeness (QED) is 0.127. The van der Waals surface area contributed by atoms with Gasteiger partial charge < -0.3 is 14.2 Å². The predicted octanol–water partition coefficient (Wildman–Crippen LogP) is 18.6. The molecule has 2 aliphatic rings. The fraction of sp³-hybridized carbons (Fsp3) is 0.108. The minimum absolute atomic E-state index is 0.133. The second-order valence-corrected chi connectivity index (χ2v) is 22.3. The molecule has 0 saturated heterocycles. The van der Waals surface area contributed by atoms with Crippen LogP contribution in [0, 0.1) is 0 Å². The van der Waals surface area contributed by atoms with Crippen molar-refractivity contribution in [2.45, 2.75) is 52.4 Å². The lowest BCUT2D eigenvalue weighted by Crippen LogP contribution is -2.61. The number of hydrogen-bond acceptors (Lipinski definition) is 3. The first kappa shape index (κ1) is 47.3. The van der Waals surface area contributed by atoms with E-state index in [1.54, 1.807) is 0 Å². The van der Waals surface area contributed by atoms with E-state index >= 15 is 0 Å². The molecule has 0 N–H and O–H groups in total. The van der Waals surface area contributed by atoms with Crippen molar-refractivity contribution < 1.29 is 4.42 Å². The van der Waals surface area contributed by atoms with Crippen LogP contribution >= 0.6 is 0 Å². The van der Waals surface area contributed by atoms with Crippen molar-refractivity contribution in [3.8, 4) is 55.6 Å². The van der Waals surface area contributed by atoms with Crippen LogP contribution in [0.3, 0.4) is 0 Å². The molecule has 374 valence electrons. The number of benzene rings is 11. The van der Waals surface area contributed by atoms with Crippen LogP contribution in [0.25, 0.3) is 77.6 Å². The molecular weight excluding hydrogens is 944 g/mol. The first-order valence-electron chi connectivity index (χ1n) is 27.7. The fourth-order valence-corrected chi connectivity index (χ4v) is 12.5. The number of rotatable bonds is 10. The van der Waals surface area contributed by atoms with Gasteiger partial charge in [0.25, 0.3) is 6.71 Å². The number of aryl methyl sites for hydroxylation is 1. The highest BCUT2D eigenvalue weighted by molar-refractivity contribution is 7.00. The second kappa shape index (κ2) is 19.2. The van der Waals surface area contributed by atoms with Crippen molar-refractivity contribution in [1.29, 1.82) is 0 Å². The molecule has 4 heteroatoms. The Morgan fingerprint density at radius 3 is 1.38 bits per heavy atom. The van der Waals surface area contributed by atoms with Gasteiger partial charge in [-0.3, -0.25) is 0 Å². The van der Waals surface area contributed by atoms with Crippen LogP contribution in [0.1, 0.15) is 51.7 Å². The third-order valence-electron chi connectivity index (χ3n) is 16.4. The van der Waals surface area contributed by atoms with Gasteiger partial charge in [0.2, 0.25) is 0 Å². The van der Waals surface area contributed by atoms with Gasteiger partial charge in [-0.05, 0) is 139 Å². The van der Waals surface area contributed by atoms with Gasteiger partial charge in [-0.15, -0.1) is 0 Å². The smallest absolute Gasteiger partial charge is 0.252 e. The van der Waals surface area contributed by atoms with Gasteiger partial charge in [0, 0.05) is 50.7 Å². The van der Waals surface area contributed by atoms with Crippen LogP contribution < -0.4 is 26.2 Å². The normalized spacial score (nSPS) is 12.7. The van der Waals surface area contributed by atoms with Crippen LogP contribution in [0.4, 0.5) is 34.1 Å². The van der Waals surface area contributed by atoms with Gasteiger partial charge in [0.05, 0.1) is 11.4 Å². The highest BCUT2D eigenvalue weighted by Crippen LogP contribution is 2.53. The van der Waals surface area contributed by atoms with Crippen LogP contribution in [0.15, 0.2) is 253 Å². The summed E-state index contributed by atoms with van der Waals surface area (Å²) >= 11 is 0. The van der Waals surface area contributed by atoms with E-state index in [1.165, 1.54) is 94.8 Å². The molecule has 3 nitrogen and oxygen atoms in total. The molecule has 1 aromatic heterocycles.